The van der Waals surface area contributed by atoms with Crippen molar-refractivity contribution in [2.75, 3.05) is 0 Å². The second kappa shape index (κ2) is 6.56. The summed E-state index contributed by atoms with van der Waals surface area (Å²) < 4.78 is 5.27. The van der Waals surface area contributed by atoms with Crippen molar-refractivity contribution < 1.29 is 4.52 Å². The molecule has 3 nitrogen and oxygen atoms in total. The Bertz CT molecular complexity index is 380. The zero-order valence-corrected chi connectivity index (χ0v) is 12.8. The minimum atomic E-state index is 0.342. The van der Waals surface area contributed by atoms with Crippen LogP contribution in [0.15, 0.2) is 4.52 Å². The Morgan fingerprint density at radius 1 is 1.26 bits per heavy atom. The molecule has 3 atom stereocenters. The summed E-state index contributed by atoms with van der Waals surface area (Å²) in [6.45, 7) is 8.59. The van der Waals surface area contributed by atoms with Crippen molar-refractivity contribution in [3.8, 4) is 0 Å². The third-order valence-electron chi connectivity index (χ3n) is 4.67. The molecule has 19 heavy (non-hydrogen) atoms. The third-order valence-corrected chi connectivity index (χ3v) is 4.67. The summed E-state index contributed by atoms with van der Waals surface area (Å²) in [5.41, 5.74) is 2.27. The molecule has 0 saturated heterocycles. The van der Waals surface area contributed by atoms with Crippen molar-refractivity contribution in [2.24, 2.45) is 5.92 Å². The van der Waals surface area contributed by atoms with Gasteiger partial charge in [0.25, 0.3) is 0 Å². The van der Waals surface area contributed by atoms with Gasteiger partial charge in [-0.15, -0.1) is 0 Å². The lowest BCUT2D eigenvalue weighted by Gasteiger charge is -2.22. The van der Waals surface area contributed by atoms with E-state index in [1.807, 2.05) is 13.8 Å². The fraction of sp³-hybridized carbons (Fsp3) is 0.812. The Labute approximate surface area is 117 Å². The lowest BCUT2D eigenvalue weighted by molar-refractivity contribution is 0.382. The molecule has 1 N–H and O–H groups in total. The molecule has 1 aliphatic carbocycles. The fourth-order valence-corrected chi connectivity index (χ4v) is 3.50. The Balaban J connectivity index is 1.94. The maximum absolute atomic E-state index is 5.27. The van der Waals surface area contributed by atoms with E-state index in [0.29, 0.717) is 12.1 Å². The predicted molar refractivity (Wildman–Crippen MR) is 78.2 cm³/mol. The Morgan fingerprint density at radius 2 is 2.05 bits per heavy atom. The van der Waals surface area contributed by atoms with Crippen molar-refractivity contribution in [1.29, 1.82) is 0 Å². The van der Waals surface area contributed by atoms with Gasteiger partial charge in [-0.3, -0.25) is 0 Å². The first-order valence-corrected chi connectivity index (χ1v) is 7.80. The molecule has 0 aromatic carbocycles. The Kier molecular flexibility index (Phi) is 5.03. The van der Waals surface area contributed by atoms with Crippen molar-refractivity contribution >= 4 is 0 Å². The van der Waals surface area contributed by atoms with E-state index >= 15 is 0 Å². The molecule has 1 aliphatic rings. The molecule has 0 amide bonds. The summed E-state index contributed by atoms with van der Waals surface area (Å²) >= 11 is 0. The van der Waals surface area contributed by atoms with Gasteiger partial charge in [-0.25, -0.2) is 0 Å². The van der Waals surface area contributed by atoms with Gasteiger partial charge in [-0.1, -0.05) is 31.3 Å². The van der Waals surface area contributed by atoms with E-state index < -0.39 is 0 Å². The molecule has 1 aromatic heterocycles. The first-order chi connectivity index (χ1) is 9.11. The van der Waals surface area contributed by atoms with Crippen molar-refractivity contribution in [3.05, 3.63) is 17.0 Å². The molecule has 1 heterocycles. The predicted octanol–water partition coefficient (Wildman–Crippen LogP) is 4.30. The fourth-order valence-electron chi connectivity index (χ4n) is 3.50. The minimum Gasteiger partial charge on any atom is -0.361 e. The Hall–Kier alpha value is -0.830. The summed E-state index contributed by atoms with van der Waals surface area (Å²) in [5, 5.41) is 7.85. The smallest absolute Gasteiger partial charge is 0.138 e. The van der Waals surface area contributed by atoms with E-state index in [2.05, 4.69) is 24.3 Å². The maximum Gasteiger partial charge on any atom is 0.138 e. The quantitative estimate of drug-likeness (QED) is 0.824. The molecule has 1 fully saturated rings. The number of hydrogen-bond donors (Lipinski definition) is 1. The SMILES string of the molecule is CCC1CCCC(NC(C)c2c(C)noc2C)CC1. The largest absolute Gasteiger partial charge is 0.361 e. The summed E-state index contributed by atoms with van der Waals surface area (Å²) in [6.07, 6.45) is 8.12. The highest BCUT2D eigenvalue weighted by Gasteiger charge is 2.22. The summed E-state index contributed by atoms with van der Waals surface area (Å²) in [4.78, 5) is 0. The normalized spacial score (nSPS) is 26.1. The molecule has 0 aliphatic heterocycles. The molecule has 0 spiro atoms. The van der Waals surface area contributed by atoms with Crippen LogP contribution in [-0.2, 0) is 0 Å². The van der Waals surface area contributed by atoms with Gasteiger partial charge in [-0.2, -0.15) is 0 Å². The van der Waals surface area contributed by atoms with E-state index in [4.69, 9.17) is 4.52 Å². The molecule has 3 unspecified atom stereocenters. The average Bonchev–Trinajstić information content (AvgIpc) is 2.61. The molecular weight excluding hydrogens is 236 g/mol. The van der Waals surface area contributed by atoms with Crippen LogP contribution in [0.2, 0.25) is 0 Å². The standard InChI is InChI=1S/C16H28N2O/c1-5-14-7-6-8-15(10-9-14)17-11(2)16-12(3)18-19-13(16)4/h11,14-15,17H,5-10H2,1-4H3. The van der Waals surface area contributed by atoms with Gasteiger partial charge < -0.3 is 9.84 Å². The van der Waals surface area contributed by atoms with Gasteiger partial charge in [0, 0.05) is 17.6 Å². The lowest BCUT2D eigenvalue weighted by atomic mass is 9.97. The first kappa shape index (κ1) is 14.6. The third kappa shape index (κ3) is 3.59. The zero-order chi connectivity index (χ0) is 13.8. The van der Waals surface area contributed by atoms with Crippen molar-refractivity contribution in [1.82, 2.24) is 10.5 Å². The molecule has 2 rings (SSSR count). The van der Waals surface area contributed by atoms with E-state index in [9.17, 15) is 0 Å². The van der Waals surface area contributed by atoms with Crippen LogP contribution in [0.25, 0.3) is 0 Å². The van der Waals surface area contributed by atoms with Crippen LogP contribution in [-0.4, -0.2) is 11.2 Å². The average molecular weight is 264 g/mol. The van der Waals surface area contributed by atoms with Crippen LogP contribution >= 0.6 is 0 Å². The van der Waals surface area contributed by atoms with Gasteiger partial charge in [-0.05, 0) is 46.0 Å². The van der Waals surface area contributed by atoms with Crippen molar-refractivity contribution in [2.45, 2.75) is 78.3 Å². The summed E-state index contributed by atoms with van der Waals surface area (Å²) in [7, 11) is 0. The van der Waals surface area contributed by atoms with Crippen LogP contribution in [0.5, 0.6) is 0 Å². The van der Waals surface area contributed by atoms with Crippen LogP contribution < -0.4 is 5.32 Å². The van der Waals surface area contributed by atoms with E-state index in [1.165, 1.54) is 44.1 Å². The zero-order valence-electron chi connectivity index (χ0n) is 12.8. The molecule has 1 saturated carbocycles. The number of hydrogen-bond acceptors (Lipinski definition) is 3. The maximum atomic E-state index is 5.27. The molecule has 3 heteroatoms. The second-order valence-electron chi connectivity index (χ2n) is 6.11. The highest BCUT2D eigenvalue weighted by molar-refractivity contribution is 5.24. The summed E-state index contributed by atoms with van der Waals surface area (Å²) in [6, 6.07) is 0.995. The highest BCUT2D eigenvalue weighted by atomic mass is 16.5. The number of aryl methyl sites for hydroxylation is 2. The van der Waals surface area contributed by atoms with E-state index in [1.54, 1.807) is 0 Å². The molecule has 0 radical (unpaired) electrons. The highest BCUT2D eigenvalue weighted by Crippen LogP contribution is 2.28. The van der Waals surface area contributed by atoms with Crippen molar-refractivity contribution in [3.63, 3.8) is 0 Å². The van der Waals surface area contributed by atoms with Gasteiger partial charge in [0.05, 0.1) is 5.69 Å². The minimum absolute atomic E-state index is 0.342. The monoisotopic (exact) mass is 264 g/mol. The number of aromatic nitrogens is 1. The van der Waals surface area contributed by atoms with Crippen LogP contribution in [0.3, 0.4) is 0 Å². The van der Waals surface area contributed by atoms with Crippen LogP contribution in [0.1, 0.15) is 75.4 Å². The number of rotatable bonds is 4. The van der Waals surface area contributed by atoms with Crippen LogP contribution in [0, 0.1) is 19.8 Å². The van der Waals surface area contributed by atoms with Gasteiger partial charge >= 0.3 is 0 Å². The van der Waals surface area contributed by atoms with Gasteiger partial charge in [0.1, 0.15) is 5.76 Å². The van der Waals surface area contributed by atoms with E-state index in [0.717, 1.165) is 17.4 Å². The second-order valence-corrected chi connectivity index (χ2v) is 6.11. The first-order valence-electron chi connectivity index (χ1n) is 7.80. The molecule has 108 valence electrons. The van der Waals surface area contributed by atoms with Gasteiger partial charge in [0.15, 0.2) is 0 Å². The molecule has 0 bridgehead atoms. The summed E-state index contributed by atoms with van der Waals surface area (Å²) in [5.74, 6) is 1.90. The Morgan fingerprint density at radius 3 is 2.68 bits per heavy atom. The van der Waals surface area contributed by atoms with E-state index in [-0.39, 0.29) is 0 Å². The van der Waals surface area contributed by atoms with Gasteiger partial charge in [0.2, 0.25) is 0 Å². The lowest BCUT2D eigenvalue weighted by Crippen LogP contribution is -2.31. The topological polar surface area (TPSA) is 38.1 Å². The number of nitrogens with one attached hydrogen (secondary N) is 1. The molecule has 1 aromatic rings. The van der Waals surface area contributed by atoms with Crippen LogP contribution in [0.4, 0.5) is 0 Å². The molecular formula is C16H28N2O. The number of nitrogens with zero attached hydrogens (tertiary/aromatic N) is 1.